The molecule has 0 bridgehead atoms. The molecule has 0 aliphatic heterocycles. The predicted molar refractivity (Wildman–Crippen MR) is 97.9 cm³/mol. The molecule has 7 nitrogen and oxygen atoms in total. The van der Waals surface area contributed by atoms with Gasteiger partial charge in [-0.1, -0.05) is 18.2 Å². The quantitative estimate of drug-likeness (QED) is 0.451. The zero-order valence-electron chi connectivity index (χ0n) is 13.7. The summed E-state index contributed by atoms with van der Waals surface area (Å²) in [5, 5.41) is 14.5. The van der Waals surface area contributed by atoms with Crippen LogP contribution >= 0.6 is 15.9 Å². The van der Waals surface area contributed by atoms with E-state index in [2.05, 4.69) is 26.5 Å². The maximum Gasteiger partial charge on any atom is 0.277 e. The van der Waals surface area contributed by atoms with Crippen LogP contribution in [0.5, 0.6) is 5.75 Å². The van der Waals surface area contributed by atoms with Crippen LogP contribution in [0, 0.1) is 24.0 Å². The van der Waals surface area contributed by atoms with Crippen molar-refractivity contribution in [3.05, 3.63) is 67.7 Å². The van der Waals surface area contributed by atoms with Gasteiger partial charge in [0.1, 0.15) is 5.75 Å². The van der Waals surface area contributed by atoms with E-state index in [1.807, 2.05) is 26.0 Å². The SMILES string of the molecule is Cc1cc(C)c(OCC(=O)NN=Cc2cccc([N+](=O)[O-])c2)c(Br)c1. The largest absolute Gasteiger partial charge is 0.482 e. The number of carbonyl (C=O) groups excluding carboxylic acids is 1. The van der Waals surface area contributed by atoms with Crippen molar-refractivity contribution in [1.29, 1.82) is 0 Å². The average molecular weight is 406 g/mol. The molecule has 1 N–H and O–H groups in total. The highest BCUT2D eigenvalue weighted by Crippen LogP contribution is 2.30. The van der Waals surface area contributed by atoms with Crippen LogP contribution in [0.15, 0.2) is 46.0 Å². The number of rotatable bonds is 6. The van der Waals surface area contributed by atoms with Gasteiger partial charge in [-0.3, -0.25) is 14.9 Å². The molecule has 0 aliphatic rings. The summed E-state index contributed by atoms with van der Waals surface area (Å²) in [5.41, 5.74) is 4.79. The number of aryl methyl sites for hydroxylation is 2. The Labute approximate surface area is 153 Å². The minimum Gasteiger partial charge on any atom is -0.482 e. The van der Waals surface area contributed by atoms with Gasteiger partial charge < -0.3 is 4.74 Å². The number of non-ortho nitro benzene ring substituents is 1. The van der Waals surface area contributed by atoms with Crippen molar-refractivity contribution in [2.75, 3.05) is 6.61 Å². The van der Waals surface area contributed by atoms with Crippen molar-refractivity contribution >= 4 is 33.7 Å². The van der Waals surface area contributed by atoms with Crippen molar-refractivity contribution in [2.45, 2.75) is 13.8 Å². The highest BCUT2D eigenvalue weighted by molar-refractivity contribution is 9.10. The summed E-state index contributed by atoms with van der Waals surface area (Å²) >= 11 is 3.41. The number of carbonyl (C=O) groups is 1. The average Bonchev–Trinajstić information content (AvgIpc) is 2.54. The van der Waals surface area contributed by atoms with E-state index in [9.17, 15) is 14.9 Å². The first-order chi connectivity index (χ1) is 11.9. The van der Waals surface area contributed by atoms with Gasteiger partial charge in [-0.2, -0.15) is 5.10 Å². The highest BCUT2D eigenvalue weighted by Gasteiger charge is 2.09. The van der Waals surface area contributed by atoms with E-state index in [4.69, 9.17) is 4.74 Å². The fraction of sp³-hybridized carbons (Fsp3) is 0.176. The molecule has 0 atom stereocenters. The molecule has 130 valence electrons. The van der Waals surface area contributed by atoms with E-state index in [0.29, 0.717) is 11.3 Å². The number of nitrogens with one attached hydrogen (secondary N) is 1. The number of nitro groups is 1. The van der Waals surface area contributed by atoms with Crippen LogP contribution in [0.4, 0.5) is 5.69 Å². The van der Waals surface area contributed by atoms with Crippen LogP contribution in [0.2, 0.25) is 0 Å². The third-order valence-electron chi connectivity index (χ3n) is 3.21. The molecule has 0 saturated heterocycles. The number of hydrogen-bond acceptors (Lipinski definition) is 5. The Kier molecular flexibility index (Phi) is 6.24. The Balaban J connectivity index is 1.91. The summed E-state index contributed by atoms with van der Waals surface area (Å²) in [7, 11) is 0. The molecule has 0 aromatic heterocycles. The Hall–Kier alpha value is -2.74. The van der Waals surface area contributed by atoms with Crippen molar-refractivity contribution < 1.29 is 14.5 Å². The molecule has 1 amide bonds. The normalized spacial score (nSPS) is 10.7. The van der Waals surface area contributed by atoms with Crippen LogP contribution in [-0.2, 0) is 4.79 Å². The summed E-state index contributed by atoms with van der Waals surface area (Å²) in [4.78, 5) is 22.0. The topological polar surface area (TPSA) is 93.8 Å². The predicted octanol–water partition coefficient (Wildman–Crippen LogP) is 3.50. The molecule has 25 heavy (non-hydrogen) atoms. The number of ether oxygens (including phenoxy) is 1. The number of nitrogens with zero attached hydrogens (tertiary/aromatic N) is 2. The van der Waals surface area contributed by atoms with E-state index >= 15 is 0 Å². The molecular formula is C17H16BrN3O4. The molecule has 0 radical (unpaired) electrons. The van der Waals surface area contributed by atoms with Gasteiger partial charge in [-0.15, -0.1) is 0 Å². The van der Waals surface area contributed by atoms with Gasteiger partial charge in [0.2, 0.25) is 0 Å². The van der Waals surface area contributed by atoms with E-state index in [-0.39, 0.29) is 12.3 Å². The molecule has 2 aromatic carbocycles. The van der Waals surface area contributed by atoms with E-state index in [1.165, 1.54) is 18.3 Å². The second-order valence-electron chi connectivity index (χ2n) is 5.33. The van der Waals surface area contributed by atoms with Gasteiger partial charge >= 0.3 is 0 Å². The smallest absolute Gasteiger partial charge is 0.277 e. The fourth-order valence-electron chi connectivity index (χ4n) is 2.15. The number of amides is 1. The zero-order chi connectivity index (χ0) is 18.4. The molecule has 2 aromatic rings. The maximum absolute atomic E-state index is 11.8. The molecule has 0 fully saturated rings. The number of halogens is 1. The maximum atomic E-state index is 11.8. The Morgan fingerprint density at radius 1 is 1.36 bits per heavy atom. The van der Waals surface area contributed by atoms with E-state index < -0.39 is 10.8 Å². The summed E-state index contributed by atoms with van der Waals surface area (Å²) in [6.07, 6.45) is 1.33. The second-order valence-corrected chi connectivity index (χ2v) is 6.18. The molecule has 0 heterocycles. The summed E-state index contributed by atoms with van der Waals surface area (Å²) in [6.45, 7) is 3.66. The van der Waals surface area contributed by atoms with E-state index in [1.54, 1.807) is 12.1 Å². The standard InChI is InChI=1S/C17H16BrN3O4/c1-11-6-12(2)17(15(18)7-11)25-10-16(22)20-19-9-13-4-3-5-14(8-13)21(23)24/h3-9H,10H2,1-2H3,(H,20,22). The molecule has 0 unspecified atom stereocenters. The Morgan fingerprint density at radius 2 is 2.12 bits per heavy atom. The molecule has 0 saturated carbocycles. The lowest BCUT2D eigenvalue weighted by molar-refractivity contribution is -0.384. The minimum absolute atomic E-state index is 0.0432. The molecule has 8 heteroatoms. The Bertz CT molecular complexity index is 813. The fourth-order valence-corrected chi connectivity index (χ4v) is 2.94. The lowest BCUT2D eigenvalue weighted by atomic mass is 10.1. The lowest BCUT2D eigenvalue weighted by Crippen LogP contribution is -2.24. The lowest BCUT2D eigenvalue weighted by Gasteiger charge is -2.11. The first kappa shape index (κ1) is 18.6. The number of hydrogen-bond donors (Lipinski definition) is 1. The van der Waals surface area contributed by atoms with Crippen LogP contribution < -0.4 is 10.2 Å². The van der Waals surface area contributed by atoms with Crippen molar-refractivity contribution in [3.63, 3.8) is 0 Å². The number of benzene rings is 2. The van der Waals surface area contributed by atoms with Crippen molar-refractivity contribution in [1.82, 2.24) is 5.43 Å². The van der Waals surface area contributed by atoms with Crippen LogP contribution in [0.25, 0.3) is 0 Å². The van der Waals surface area contributed by atoms with E-state index in [0.717, 1.165) is 15.6 Å². The molecule has 0 aliphatic carbocycles. The number of nitro benzene ring substituents is 1. The van der Waals surface area contributed by atoms with Crippen molar-refractivity contribution in [3.8, 4) is 5.75 Å². The highest BCUT2D eigenvalue weighted by atomic mass is 79.9. The van der Waals surface area contributed by atoms with Crippen LogP contribution in [0.1, 0.15) is 16.7 Å². The third-order valence-corrected chi connectivity index (χ3v) is 3.79. The van der Waals surface area contributed by atoms with Gasteiger partial charge in [0.05, 0.1) is 15.6 Å². The summed E-state index contributed by atoms with van der Waals surface area (Å²) in [6, 6.07) is 9.79. The van der Waals surface area contributed by atoms with Crippen LogP contribution in [-0.4, -0.2) is 23.7 Å². The molecular weight excluding hydrogens is 390 g/mol. The van der Waals surface area contributed by atoms with Crippen molar-refractivity contribution in [2.24, 2.45) is 5.10 Å². The monoisotopic (exact) mass is 405 g/mol. The summed E-state index contributed by atoms with van der Waals surface area (Å²) in [5.74, 6) is 0.164. The summed E-state index contributed by atoms with van der Waals surface area (Å²) < 4.78 is 6.29. The Morgan fingerprint density at radius 3 is 2.80 bits per heavy atom. The van der Waals surface area contributed by atoms with Crippen LogP contribution in [0.3, 0.4) is 0 Å². The van der Waals surface area contributed by atoms with Gasteiger partial charge in [0, 0.05) is 17.7 Å². The first-order valence-electron chi connectivity index (χ1n) is 7.32. The zero-order valence-corrected chi connectivity index (χ0v) is 15.2. The van der Waals surface area contributed by atoms with Gasteiger partial charge in [-0.25, -0.2) is 5.43 Å². The second kappa shape index (κ2) is 8.39. The van der Waals surface area contributed by atoms with Gasteiger partial charge in [0.15, 0.2) is 6.61 Å². The van der Waals surface area contributed by atoms with Gasteiger partial charge in [-0.05, 0) is 47.0 Å². The first-order valence-corrected chi connectivity index (χ1v) is 8.12. The molecule has 2 rings (SSSR count). The number of hydrazone groups is 1. The molecule has 0 spiro atoms. The van der Waals surface area contributed by atoms with Gasteiger partial charge in [0.25, 0.3) is 11.6 Å². The third kappa shape index (κ3) is 5.39. The minimum atomic E-state index is -0.495.